The second kappa shape index (κ2) is 13.5. The SMILES string of the molecule is CN=C(NCCCCOCc1ccccc1)NCc1cc(C(C)C)no1.I. The van der Waals surface area contributed by atoms with Gasteiger partial charge in [-0.3, -0.25) is 4.99 Å². The molecule has 0 saturated carbocycles. The van der Waals surface area contributed by atoms with Gasteiger partial charge in [-0.05, 0) is 24.3 Å². The highest BCUT2D eigenvalue weighted by atomic mass is 127. The van der Waals surface area contributed by atoms with Crippen LogP contribution in [0, 0.1) is 0 Å². The summed E-state index contributed by atoms with van der Waals surface area (Å²) >= 11 is 0. The van der Waals surface area contributed by atoms with Gasteiger partial charge in [0.1, 0.15) is 0 Å². The van der Waals surface area contributed by atoms with E-state index in [4.69, 9.17) is 9.26 Å². The third-order valence-corrected chi connectivity index (χ3v) is 3.94. The lowest BCUT2D eigenvalue weighted by atomic mass is 10.1. The summed E-state index contributed by atoms with van der Waals surface area (Å²) in [7, 11) is 1.76. The number of hydrogen-bond donors (Lipinski definition) is 2. The van der Waals surface area contributed by atoms with Crippen LogP contribution in [0.25, 0.3) is 0 Å². The highest BCUT2D eigenvalue weighted by Crippen LogP contribution is 2.13. The van der Waals surface area contributed by atoms with Crippen molar-refractivity contribution in [1.82, 2.24) is 15.8 Å². The van der Waals surface area contributed by atoms with Crippen molar-refractivity contribution in [3.05, 3.63) is 53.4 Å². The molecule has 2 rings (SSSR count). The van der Waals surface area contributed by atoms with E-state index in [1.807, 2.05) is 24.3 Å². The van der Waals surface area contributed by atoms with Gasteiger partial charge in [-0.1, -0.05) is 49.3 Å². The van der Waals surface area contributed by atoms with Gasteiger partial charge in [-0.15, -0.1) is 24.0 Å². The first-order valence-electron chi connectivity index (χ1n) is 9.20. The molecule has 0 bridgehead atoms. The molecule has 0 aliphatic heterocycles. The highest BCUT2D eigenvalue weighted by molar-refractivity contribution is 14.0. The summed E-state index contributed by atoms with van der Waals surface area (Å²) in [4.78, 5) is 4.22. The Morgan fingerprint density at radius 2 is 1.96 bits per heavy atom. The smallest absolute Gasteiger partial charge is 0.191 e. The van der Waals surface area contributed by atoms with Crippen LogP contribution in [0.2, 0.25) is 0 Å². The van der Waals surface area contributed by atoms with Crippen LogP contribution >= 0.6 is 24.0 Å². The minimum absolute atomic E-state index is 0. The molecular formula is C20H31IN4O2. The van der Waals surface area contributed by atoms with Gasteiger partial charge in [-0.2, -0.15) is 0 Å². The summed E-state index contributed by atoms with van der Waals surface area (Å²) in [5, 5.41) is 10.6. The Morgan fingerprint density at radius 1 is 1.19 bits per heavy atom. The van der Waals surface area contributed by atoms with E-state index in [2.05, 4.69) is 46.8 Å². The summed E-state index contributed by atoms with van der Waals surface area (Å²) in [5.74, 6) is 1.94. The van der Waals surface area contributed by atoms with Crippen molar-refractivity contribution < 1.29 is 9.26 Å². The summed E-state index contributed by atoms with van der Waals surface area (Å²) in [6.45, 7) is 7.05. The van der Waals surface area contributed by atoms with Gasteiger partial charge >= 0.3 is 0 Å². The second-order valence-corrected chi connectivity index (χ2v) is 6.47. The fourth-order valence-electron chi connectivity index (χ4n) is 2.38. The average Bonchev–Trinajstić information content (AvgIpc) is 3.13. The Bertz CT molecular complexity index is 659. The monoisotopic (exact) mass is 486 g/mol. The zero-order valence-corrected chi connectivity index (χ0v) is 18.7. The molecule has 2 N–H and O–H groups in total. The molecule has 0 amide bonds. The van der Waals surface area contributed by atoms with E-state index >= 15 is 0 Å². The molecule has 1 aromatic carbocycles. The number of guanidine groups is 1. The summed E-state index contributed by atoms with van der Waals surface area (Å²) < 4.78 is 11.0. The minimum Gasteiger partial charge on any atom is -0.377 e. The Labute approximate surface area is 179 Å². The van der Waals surface area contributed by atoms with Gasteiger partial charge < -0.3 is 19.9 Å². The zero-order valence-electron chi connectivity index (χ0n) is 16.4. The number of aliphatic imine (C=N–C) groups is 1. The average molecular weight is 486 g/mol. The molecule has 27 heavy (non-hydrogen) atoms. The normalized spacial score (nSPS) is 11.3. The van der Waals surface area contributed by atoms with Gasteiger partial charge in [0.2, 0.25) is 0 Å². The Morgan fingerprint density at radius 3 is 2.63 bits per heavy atom. The number of halogens is 1. The van der Waals surface area contributed by atoms with E-state index in [9.17, 15) is 0 Å². The molecule has 0 aliphatic rings. The summed E-state index contributed by atoms with van der Waals surface area (Å²) in [5.41, 5.74) is 2.18. The number of nitrogens with zero attached hydrogens (tertiary/aromatic N) is 2. The highest BCUT2D eigenvalue weighted by Gasteiger charge is 2.08. The number of aromatic nitrogens is 1. The predicted octanol–water partition coefficient (Wildman–Crippen LogP) is 4.08. The topological polar surface area (TPSA) is 71.7 Å². The van der Waals surface area contributed by atoms with Crippen molar-refractivity contribution in [1.29, 1.82) is 0 Å². The standard InChI is InChI=1S/C20H30N4O2.HI/c1-16(2)19-13-18(26-24-19)14-23-20(21-3)22-11-7-8-12-25-15-17-9-5-4-6-10-17;/h4-6,9-10,13,16H,7-8,11-12,14-15H2,1-3H3,(H2,21,22,23);1H. The van der Waals surface area contributed by atoms with Crippen LogP contribution in [0.5, 0.6) is 0 Å². The fraction of sp³-hybridized carbons (Fsp3) is 0.500. The lowest BCUT2D eigenvalue weighted by Gasteiger charge is -2.10. The molecular weight excluding hydrogens is 455 g/mol. The van der Waals surface area contributed by atoms with Gasteiger partial charge in [0.05, 0.1) is 18.8 Å². The molecule has 0 radical (unpaired) electrons. The first kappa shape index (κ1) is 23.4. The number of rotatable bonds is 10. The Hall–Kier alpha value is -1.61. The quantitative estimate of drug-likeness (QED) is 0.229. The van der Waals surface area contributed by atoms with E-state index in [1.54, 1.807) is 7.05 Å². The van der Waals surface area contributed by atoms with E-state index in [0.29, 0.717) is 19.1 Å². The molecule has 150 valence electrons. The number of hydrogen-bond acceptors (Lipinski definition) is 4. The molecule has 2 aromatic rings. The van der Waals surface area contributed by atoms with Crippen molar-refractivity contribution >= 4 is 29.9 Å². The molecule has 0 spiro atoms. The summed E-state index contributed by atoms with van der Waals surface area (Å²) in [6.07, 6.45) is 2.03. The van der Waals surface area contributed by atoms with Gasteiger partial charge in [-0.25, -0.2) is 0 Å². The maximum absolute atomic E-state index is 5.69. The molecule has 0 atom stereocenters. The van der Waals surface area contributed by atoms with E-state index in [1.165, 1.54) is 5.56 Å². The van der Waals surface area contributed by atoms with E-state index < -0.39 is 0 Å². The zero-order chi connectivity index (χ0) is 18.6. The third kappa shape index (κ3) is 9.23. The molecule has 1 aromatic heterocycles. The van der Waals surface area contributed by atoms with Gasteiger partial charge in [0.25, 0.3) is 0 Å². The maximum atomic E-state index is 5.69. The van der Waals surface area contributed by atoms with E-state index in [0.717, 1.165) is 43.4 Å². The van der Waals surface area contributed by atoms with Crippen LogP contribution < -0.4 is 10.6 Å². The van der Waals surface area contributed by atoms with Crippen LogP contribution in [-0.4, -0.2) is 31.3 Å². The van der Waals surface area contributed by atoms with Gasteiger partial charge in [0.15, 0.2) is 11.7 Å². The number of nitrogens with one attached hydrogen (secondary N) is 2. The Balaban J connectivity index is 0.00000364. The van der Waals surface area contributed by atoms with Crippen LogP contribution in [-0.2, 0) is 17.9 Å². The van der Waals surface area contributed by atoms with Crippen molar-refractivity contribution in [2.45, 2.75) is 45.8 Å². The van der Waals surface area contributed by atoms with Crippen LogP contribution in [0.1, 0.15) is 49.6 Å². The van der Waals surface area contributed by atoms with Gasteiger partial charge in [0, 0.05) is 26.3 Å². The minimum atomic E-state index is 0. The number of benzene rings is 1. The lowest BCUT2D eigenvalue weighted by molar-refractivity contribution is 0.117. The van der Waals surface area contributed by atoms with Crippen LogP contribution in [0.3, 0.4) is 0 Å². The van der Waals surface area contributed by atoms with Crippen molar-refractivity contribution in [3.63, 3.8) is 0 Å². The molecule has 1 heterocycles. The van der Waals surface area contributed by atoms with Crippen molar-refractivity contribution in [2.24, 2.45) is 4.99 Å². The largest absolute Gasteiger partial charge is 0.377 e. The van der Waals surface area contributed by atoms with Crippen molar-refractivity contribution in [2.75, 3.05) is 20.2 Å². The first-order chi connectivity index (χ1) is 12.7. The molecule has 0 saturated heterocycles. The number of ether oxygens (including phenoxy) is 1. The fourth-order valence-corrected chi connectivity index (χ4v) is 2.38. The maximum Gasteiger partial charge on any atom is 0.191 e. The molecule has 7 heteroatoms. The number of unbranched alkanes of at least 4 members (excludes halogenated alkanes) is 1. The predicted molar refractivity (Wildman–Crippen MR) is 120 cm³/mol. The third-order valence-electron chi connectivity index (χ3n) is 3.94. The molecule has 0 aliphatic carbocycles. The molecule has 0 unspecified atom stereocenters. The van der Waals surface area contributed by atoms with Crippen LogP contribution in [0.15, 0.2) is 45.9 Å². The molecule has 6 nitrogen and oxygen atoms in total. The van der Waals surface area contributed by atoms with Crippen LogP contribution in [0.4, 0.5) is 0 Å². The Kier molecular flexibility index (Phi) is 11.8. The van der Waals surface area contributed by atoms with E-state index in [-0.39, 0.29) is 24.0 Å². The second-order valence-electron chi connectivity index (χ2n) is 6.47. The van der Waals surface area contributed by atoms with Crippen molar-refractivity contribution in [3.8, 4) is 0 Å². The lowest BCUT2D eigenvalue weighted by Crippen LogP contribution is -2.37. The molecule has 0 fully saturated rings. The first-order valence-corrected chi connectivity index (χ1v) is 9.20. The summed E-state index contributed by atoms with van der Waals surface area (Å²) in [6, 6.07) is 12.2.